The summed E-state index contributed by atoms with van der Waals surface area (Å²) in [6, 6.07) is 8.36. The van der Waals surface area contributed by atoms with E-state index in [1.165, 1.54) is 12.1 Å². The average molecular weight is 308 g/mol. The predicted octanol–water partition coefficient (Wildman–Crippen LogP) is 4.87. The monoisotopic (exact) mass is 308 g/mol. The molecular formula is C15H17FN2S2. The lowest BCUT2D eigenvalue weighted by Gasteiger charge is -2.19. The molecule has 0 atom stereocenters. The molecule has 0 unspecified atom stereocenters. The number of aromatic nitrogens is 2. The molecule has 5 heteroatoms. The molecule has 106 valence electrons. The van der Waals surface area contributed by atoms with Gasteiger partial charge in [-0.05, 0) is 30.3 Å². The smallest absolute Gasteiger partial charge is 0.130 e. The molecule has 0 saturated heterocycles. The summed E-state index contributed by atoms with van der Waals surface area (Å²) in [4.78, 5) is 8.69. The van der Waals surface area contributed by atoms with Crippen molar-refractivity contribution in [2.75, 3.05) is 0 Å². The van der Waals surface area contributed by atoms with E-state index in [1.807, 2.05) is 6.07 Å². The third kappa shape index (κ3) is 4.15. The molecule has 2 rings (SSSR count). The van der Waals surface area contributed by atoms with E-state index in [2.05, 4.69) is 30.7 Å². The summed E-state index contributed by atoms with van der Waals surface area (Å²) in [6.45, 7) is 6.39. The Morgan fingerprint density at radius 1 is 1.25 bits per heavy atom. The van der Waals surface area contributed by atoms with Crippen molar-refractivity contribution in [1.29, 1.82) is 0 Å². The fraction of sp³-hybridized carbons (Fsp3) is 0.333. The van der Waals surface area contributed by atoms with Gasteiger partial charge in [0.05, 0.1) is 5.75 Å². The molecule has 0 aliphatic rings. The lowest BCUT2D eigenvalue weighted by molar-refractivity contribution is 0.563. The molecule has 0 fully saturated rings. The molecule has 20 heavy (non-hydrogen) atoms. The lowest BCUT2D eigenvalue weighted by atomic mass is 9.92. The van der Waals surface area contributed by atoms with Crippen molar-refractivity contribution in [1.82, 2.24) is 9.97 Å². The highest BCUT2D eigenvalue weighted by Crippen LogP contribution is 2.24. The SMILES string of the molecule is CC(C)(C)c1cc(=S)nc(CSc2ccc(F)cc2)[nH]1. The van der Waals surface area contributed by atoms with E-state index in [0.29, 0.717) is 10.4 Å². The molecule has 1 aromatic heterocycles. The van der Waals surface area contributed by atoms with Gasteiger partial charge in [0, 0.05) is 16.0 Å². The highest BCUT2D eigenvalue weighted by molar-refractivity contribution is 7.98. The molecule has 0 aliphatic carbocycles. The Balaban J connectivity index is 2.15. The minimum absolute atomic E-state index is 0.00575. The number of aromatic amines is 1. The van der Waals surface area contributed by atoms with Gasteiger partial charge in [-0.25, -0.2) is 9.37 Å². The fourth-order valence-corrected chi connectivity index (χ4v) is 2.66. The molecule has 0 saturated carbocycles. The second-order valence-corrected chi connectivity index (χ2v) is 7.04. The maximum atomic E-state index is 12.8. The minimum atomic E-state index is -0.221. The van der Waals surface area contributed by atoms with E-state index in [1.54, 1.807) is 23.9 Å². The van der Waals surface area contributed by atoms with Crippen LogP contribution < -0.4 is 0 Å². The lowest BCUT2D eigenvalue weighted by Crippen LogP contribution is -2.15. The predicted molar refractivity (Wildman–Crippen MR) is 84.1 cm³/mol. The van der Waals surface area contributed by atoms with E-state index in [0.717, 1.165) is 16.4 Å². The number of rotatable bonds is 3. The van der Waals surface area contributed by atoms with Crippen LogP contribution in [0.15, 0.2) is 35.2 Å². The van der Waals surface area contributed by atoms with E-state index < -0.39 is 0 Å². The van der Waals surface area contributed by atoms with Crippen LogP contribution in [0, 0.1) is 10.5 Å². The zero-order valence-corrected chi connectivity index (χ0v) is 13.4. The zero-order valence-electron chi connectivity index (χ0n) is 11.7. The number of nitrogens with zero attached hydrogens (tertiary/aromatic N) is 1. The Morgan fingerprint density at radius 2 is 1.90 bits per heavy atom. The summed E-state index contributed by atoms with van der Waals surface area (Å²) in [7, 11) is 0. The van der Waals surface area contributed by atoms with Gasteiger partial charge in [0.1, 0.15) is 16.3 Å². The van der Waals surface area contributed by atoms with Crippen LogP contribution in [-0.4, -0.2) is 9.97 Å². The number of nitrogens with one attached hydrogen (secondary N) is 1. The summed E-state index contributed by atoms with van der Waals surface area (Å²) in [6.07, 6.45) is 0. The second-order valence-electron chi connectivity index (χ2n) is 5.57. The van der Waals surface area contributed by atoms with Crippen molar-refractivity contribution in [2.24, 2.45) is 0 Å². The Kier molecular flexibility index (Phi) is 4.60. The molecule has 0 bridgehead atoms. The van der Waals surface area contributed by atoms with E-state index in [4.69, 9.17) is 12.2 Å². The Morgan fingerprint density at radius 3 is 2.50 bits per heavy atom. The molecule has 0 spiro atoms. The van der Waals surface area contributed by atoms with Gasteiger partial charge in [-0.15, -0.1) is 11.8 Å². The van der Waals surface area contributed by atoms with Crippen molar-refractivity contribution in [2.45, 2.75) is 36.8 Å². The molecule has 2 nitrogen and oxygen atoms in total. The summed E-state index contributed by atoms with van der Waals surface area (Å²) in [5.41, 5.74) is 1.08. The maximum Gasteiger partial charge on any atom is 0.130 e. The van der Waals surface area contributed by atoms with Crippen LogP contribution in [0.5, 0.6) is 0 Å². The summed E-state index contributed by atoms with van der Waals surface area (Å²) in [5.74, 6) is 1.30. The Hall–Kier alpha value is -1.20. The molecule has 0 amide bonds. The van der Waals surface area contributed by atoms with Gasteiger partial charge in [-0.2, -0.15) is 0 Å². The number of H-pyrrole nitrogens is 1. The molecule has 0 aliphatic heterocycles. The van der Waals surface area contributed by atoms with E-state index in [9.17, 15) is 4.39 Å². The van der Waals surface area contributed by atoms with Gasteiger partial charge < -0.3 is 4.98 Å². The standard InChI is InChI=1S/C15H17FN2S2/c1-15(2,3)12-8-14(19)18-13(17-12)9-20-11-6-4-10(16)5-7-11/h4-8H,9H2,1-3H3,(H,17,18,19). The highest BCUT2D eigenvalue weighted by Gasteiger charge is 2.15. The largest absolute Gasteiger partial charge is 0.346 e. The molecular weight excluding hydrogens is 291 g/mol. The van der Waals surface area contributed by atoms with Crippen molar-refractivity contribution >= 4 is 24.0 Å². The molecule has 2 aromatic rings. The molecule has 1 aromatic carbocycles. The van der Waals surface area contributed by atoms with Crippen molar-refractivity contribution < 1.29 is 4.39 Å². The first-order chi connectivity index (χ1) is 9.34. The topological polar surface area (TPSA) is 28.7 Å². The number of hydrogen-bond acceptors (Lipinski definition) is 3. The second kappa shape index (κ2) is 6.06. The summed E-state index contributed by atoms with van der Waals surface area (Å²) < 4.78 is 13.4. The van der Waals surface area contributed by atoms with Crippen molar-refractivity contribution in [3.8, 4) is 0 Å². The van der Waals surface area contributed by atoms with Gasteiger partial charge in [0.15, 0.2) is 0 Å². The molecule has 1 N–H and O–H groups in total. The van der Waals surface area contributed by atoms with Crippen LogP contribution in [0.3, 0.4) is 0 Å². The van der Waals surface area contributed by atoms with Crippen LogP contribution >= 0.6 is 24.0 Å². The third-order valence-corrected chi connectivity index (χ3v) is 4.02. The zero-order chi connectivity index (χ0) is 14.8. The first kappa shape index (κ1) is 15.2. The number of halogens is 1. The van der Waals surface area contributed by atoms with Gasteiger partial charge in [-0.1, -0.05) is 33.0 Å². The molecule has 0 radical (unpaired) electrons. The highest BCUT2D eigenvalue weighted by atomic mass is 32.2. The van der Waals surface area contributed by atoms with E-state index in [-0.39, 0.29) is 11.2 Å². The molecule has 1 heterocycles. The fourth-order valence-electron chi connectivity index (χ4n) is 1.66. The normalized spacial score (nSPS) is 11.6. The van der Waals surface area contributed by atoms with E-state index >= 15 is 0 Å². The third-order valence-electron chi connectivity index (χ3n) is 2.79. The average Bonchev–Trinajstić information content (AvgIpc) is 2.36. The van der Waals surface area contributed by atoms with Crippen LogP contribution in [0.2, 0.25) is 0 Å². The summed E-state index contributed by atoms with van der Waals surface area (Å²) >= 11 is 6.82. The van der Waals surface area contributed by atoms with Crippen molar-refractivity contribution in [3.05, 3.63) is 52.3 Å². The van der Waals surface area contributed by atoms with Gasteiger partial charge in [0.2, 0.25) is 0 Å². The Labute approximate surface area is 127 Å². The van der Waals surface area contributed by atoms with Gasteiger partial charge in [-0.3, -0.25) is 0 Å². The van der Waals surface area contributed by atoms with Gasteiger partial charge in [0.25, 0.3) is 0 Å². The first-order valence-electron chi connectivity index (χ1n) is 6.34. The van der Waals surface area contributed by atoms with Crippen LogP contribution in [0.4, 0.5) is 4.39 Å². The van der Waals surface area contributed by atoms with Crippen molar-refractivity contribution in [3.63, 3.8) is 0 Å². The van der Waals surface area contributed by atoms with Crippen LogP contribution in [-0.2, 0) is 11.2 Å². The first-order valence-corrected chi connectivity index (χ1v) is 7.73. The summed E-state index contributed by atoms with van der Waals surface area (Å²) in [5, 5.41) is 0. The number of thioether (sulfide) groups is 1. The number of hydrogen-bond donors (Lipinski definition) is 1. The Bertz CT molecular complexity index is 642. The number of benzene rings is 1. The maximum absolute atomic E-state index is 12.8. The van der Waals surface area contributed by atoms with Crippen LogP contribution in [0.25, 0.3) is 0 Å². The van der Waals surface area contributed by atoms with Crippen LogP contribution in [0.1, 0.15) is 32.3 Å². The van der Waals surface area contributed by atoms with Gasteiger partial charge >= 0.3 is 0 Å². The minimum Gasteiger partial charge on any atom is -0.346 e. The quantitative estimate of drug-likeness (QED) is 0.648.